The average Bonchev–Trinajstić information content (AvgIpc) is 2.45. The minimum atomic E-state index is 0.343. The Morgan fingerprint density at radius 2 is 2.00 bits per heavy atom. The fourth-order valence-electron chi connectivity index (χ4n) is 3.73. The molecule has 2 saturated heterocycles. The summed E-state index contributed by atoms with van der Waals surface area (Å²) in [7, 11) is 0. The van der Waals surface area contributed by atoms with Crippen LogP contribution in [0.25, 0.3) is 0 Å². The molecule has 2 fully saturated rings. The lowest BCUT2D eigenvalue weighted by atomic mass is 9.84. The monoisotopic (exact) mass is 272 g/mol. The zero-order valence-corrected chi connectivity index (χ0v) is 12.5. The van der Waals surface area contributed by atoms with Crippen LogP contribution in [0, 0.1) is 19.8 Å². The molecule has 3 nitrogen and oxygen atoms in total. The highest BCUT2D eigenvalue weighted by molar-refractivity contribution is 5.77. The SMILES string of the molecule is Cc1cccc(C)c1CN1C(=O)CCC2CNCCC21. The summed E-state index contributed by atoms with van der Waals surface area (Å²) in [5.41, 5.74) is 3.93. The summed E-state index contributed by atoms with van der Waals surface area (Å²) in [5.74, 6) is 0.988. The zero-order valence-electron chi connectivity index (χ0n) is 12.5. The molecule has 2 unspecified atom stereocenters. The van der Waals surface area contributed by atoms with Crippen LogP contribution in [0.15, 0.2) is 18.2 Å². The van der Waals surface area contributed by atoms with Gasteiger partial charge in [-0.2, -0.15) is 0 Å². The molecular weight excluding hydrogens is 248 g/mol. The number of nitrogens with one attached hydrogen (secondary N) is 1. The van der Waals surface area contributed by atoms with E-state index in [0.29, 0.717) is 24.3 Å². The van der Waals surface area contributed by atoms with Crippen LogP contribution in [0.1, 0.15) is 36.0 Å². The minimum Gasteiger partial charge on any atom is -0.335 e. The van der Waals surface area contributed by atoms with Gasteiger partial charge in [-0.3, -0.25) is 4.79 Å². The number of nitrogens with zero attached hydrogens (tertiary/aromatic N) is 1. The molecule has 1 amide bonds. The Balaban J connectivity index is 1.85. The maximum absolute atomic E-state index is 12.4. The van der Waals surface area contributed by atoms with Crippen LogP contribution in [0.5, 0.6) is 0 Å². The molecule has 108 valence electrons. The predicted octanol–water partition coefficient (Wildman–Crippen LogP) is 2.40. The van der Waals surface area contributed by atoms with Gasteiger partial charge >= 0.3 is 0 Å². The van der Waals surface area contributed by atoms with Gasteiger partial charge in [0.1, 0.15) is 0 Å². The minimum absolute atomic E-state index is 0.343. The van der Waals surface area contributed by atoms with Crippen molar-refractivity contribution in [3.8, 4) is 0 Å². The second-order valence-electron chi connectivity index (χ2n) is 6.25. The molecule has 1 aromatic rings. The van der Waals surface area contributed by atoms with Crippen LogP contribution in [0.3, 0.4) is 0 Å². The highest BCUT2D eigenvalue weighted by atomic mass is 16.2. The standard InChI is InChI=1S/C17H24N2O/c1-12-4-3-5-13(2)15(12)11-19-16-8-9-18-10-14(16)6-7-17(19)20/h3-5,14,16,18H,6-11H2,1-2H3. The Kier molecular flexibility index (Phi) is 3.79. The summed E-state index contributed by atoms with van der Waals surface area (Å²) >= 11 is 0. The maximum atomic E-state index is 12.4. The van der Waals surface area contributed by atoms with Crippen molar-refractivity contribution in [1.82, 2.24) is 10.2 Å². The Labute approximate surface area is 121 Å². The first-order valence-corrected chi connectivity index (χ1v) is 7.72. The van der Waals surface area contributed by atoms with Gasteiger partial charge in [0, 0.05) is 19.0 Å². The van der Waals surface area contributed by atoms with Crippen molar-refractivity contribution in [3.05, 3.63) is 34.9 Å². The van der Waals surface area contributed by atoms with E-state index in [0.717, 1.165) is 32.5 Å². The Hall–Kier alpha value is -1.35. The molecule has 3 heteroatoms. The summed E-state index contributed by atoms with van der Waals surface area (Å²) in [6.45, 7) is 7.20. The number of benzene rings is 1. The van der Waals surface area contributed by atoms with Crippen molar-refractivity contribution < 1.29 is 4.79 Å². The van der Waals surface area contributed by atoms with Crippen molar-refractivity contribution >= 4 is 5.91 Å². The van der Waals surface area contributed by atoms with Crippen molar-refractivity contribution in [2.45, 2.75) is 45.7 Å². The Morgan fingerprint density at radius 3 is 2.75 bits per heavy atom. The first-order valence-electron chi connectivity index (χ1n) is 7.72. The van der Waals surface area contributed by atoms with Crippen LogP contribution >= 0.6 is 0 Å². The molecule has 0 radical (unpaired) electrons. The van der Waals surface area contributed by atoms with Crippen molar-refractivity contribution in [2.24, 2.45) is 5.92 Å². The average molecular weight is 272 g/mol. The van der Waals surface area contributed by atoms with Gasteiger partial charge in [-0.15, -0.1) is 0 Å². The number of fused-ring (bicyclic) bond motifs is 1. The number of carbonyl (C=O) groups is 1. The van der Waals surface area contributed by atoms with Crippen LogP contribution in [0.2, 0.25) is 0 Å². The molecule has 0 aliphatic carbocycles. The van der Waals surface area contributed by atoms with Gasteiger partial charge in [0.2, 0.25) is 5.91 Å². The van der Waals surface area contributed by atoms with E-state index in [-0.39, 0.29) is 0 Å². The number of hydrogen-bond acceptors (Lipinski definition) is 2. The van der Waals surface area contributed by atoms with E-state index in [9.17, 15) is 4.79 Å². The predicted molar refractivity (Wildman–Crippen MR) is 80.5 cm³/mol. The van der Waals surface area contributed by atoms with Gasteiger partial charge in [0.15, 0.2) is 0 Å². The molecule has 0 aromatic heterocycles. The molecule has 1 N–H and O–H groups in total. The summed E-state index contributed by atoms with van der Waals surface area (Å²) in [4.78, 5) is 14.5. The topological polar surface area (TPSA) is 32.3 Å². The van der Waals surface area contributed by atoms with E-state index in [4.69, 9.17) is 0 Å². The van der Waals surface area contributed by atoms with E-state index in [1.165, 1.54) is 16.7 Å². The van der Waals surface area contributed by atoms with Crippen LogP contribution in [-0.4, -0.2) is 29.9 Å². The van der Waals surface area contributed by atoms with Crippen LogP contribution < -0.4 is 5.32 Å². The second-order valence-corrected chi connectivity index (χ2v) is 6.25. The molecule has 3 rings (SSSR count). The largest absolute Gasteiger partial charge is 0.335 e. The molecule has 2 atom stereocenters. The van der Waals surface area contributed by atoms with E-state index in [1.807, 2.05) is 0 Å². The van der Waals surface area contributed by atoms with Crippen LogP contribution in [0.4, 0.5) is 0 Å². The molecule has 20 heavy (non-hydrogen) atoms. The molecule has 0 bridgehead atoms. The molecule has 2 aliphatic heterocycles. The first-order chi connectivity index (χ1) is 9.66. The van der Waals surface area contributed by atoms with Gasteiger partial charge < -0.3 is 10.2 Å². The fraction of sp³-hybridized carbons (Fsp3) is 0.588. The lowest BCUT2D eigenvalue weighted by Gasteiger charge is -2.44. The number of likely N-dealkylation sites (tertiary alicyclic amines) is 1. The molecule has 0 spiro atoms. The highest BCUT2D eigenvalue weighted by Gasteiger charge is 2.37. The van der Waals surface area contributed by atoms with Crippen LogP contribution in [-0.2, 0) is 11.3 Å². The normalized spacial score (nSPS) is 26.5. The number of rotatable bonds is 2. The van der Waals surface area contributed by atoms with E-state index in [1.54, 1.807) is 0 Å². The number of piperidine rings is 2. The number of aryl methyl sites for hydroxylation is 2. The summed E-state index contributed by atoms with van der Waals surface area (Å²) in [6, 6.07) is 6.84. The van der Waals surface area contributed by atoms with Crippen molar-refractivity contribution in [3.63, 3.8) is 0 Å². The summed E-state index contributed by atoms with van der Waals surface area (Å²) < 4.78 is 0. The zero-order chi connectivity index (χ0) is 14.1. The van der Waals surface area contributed by atoms with E-state index in [2.05, 4.69) is 42.3 Å². The smallest absolute Gasteiger partial charge is 0.223 e. The van der Waals surface area contributed by atoms with Gasteiger partial charge in [-0.25, -0.2) is 0 Å². The number of amides is 1. The maximum Gasteiger partial charge on any atom is 0.223 e. The molecule has 1 aromatic carbocycles. The van der Waals surface area contributed by atoms with Crippen molar-refractivity contribution in [2.75, 3.05) is 13.1 Å². The summed E-state index contributed by atoms with van der Waals surface area (Å²) in [5, 5.41) is 3.47. The Morgan fingerprint density at radius 1 is 1.25 bits per heavy atom. The number of carbonyl (C=O) groups excluding carboxylic acids is 1. The van der Waals surface area contributed by atoms with Gasteiger partial charge in [-0.05, 0) is 62.4 Å². The summed E-state index contributed by atoms with van der Waals surface area (Å²) in [6.07, 6.45) is 2.87. The lowest BCUT2D eigenvalue weighted by molar-refractivity contribution is -0.140. The molecule has 0 saturated carbocycles. The fourth-order valence-corrected chi connectivity index (χ4v) is 3.73. The third kappa shape index (κ3) is 2.47. The lowest BCUT2D eigenvalue weighted by Crippen LogP contribution is -2.54. The third-order valence-corrected chi connectivity index (χ3v) is 4.99. The van der Waals surface area contributed by atoms with Crippen molar-refractivity contribution in [1.29, 1.82) is 0 Å². The van der Waals surface area contributed by atoms with Gasteiger partial charge in [0.05, 0.1) is 0 Å². The van der Waals surface area contributed by atoms with E-state index < -0.39 is 0 Å². The highest BCUT2D eigenvalue weighted by Crippen LogP contribution is 2.30. The third-order valence-electron chi connectivity index (χ3n) is 4.99. The molecule has 2 heterocycles. The first kappa shape index (κ1) is 13.6. The molecular formula is C17H24N2O. The van der Waals surface area contributed by atoms with E-state index >= 15 is 0 Å². The van der Waals surface area contributed by atoms with Gasteiger partial charge in [0.25, 0.3) is 0 Å². The second kappa shape index (κ2) is 5.57. The Bertz CT molecular complexity index is 491. The quantitative estimate of drug-likeness (QED) is 0.896. The van der Waals surface area contributed by atoms with Gasteiger partial charge in [-0.1, -0.05) is 18.2 Å². The number of hydrogen-bond donors (Lipinski definition) is 1. The molecule has 2 aliphatic rings.